The van der Waals surface area contributed by atoms with Crippen molar-refractivity contribution in [3.8, 4) is 5.75 Å². The van der Waals surface area contributed by atoms with Crippen LogP contribution in [0.25, 0.3) is 0 Å². The molecule has 0 saturated carbocycles. The largest absolute Gasteiger partial charge is 0.507 e. The van der Waals surface area contributed by atoms with Crippen LogP contribution in [0.2, 0.25) is 0 Å². The molecule has 0 bridgehead atoms. The Morgan fingerprint density at radius 3 is 2.96 bits per heavy atom. The van der Waals surface area contributed by atoms with Gasteiger partial charge in [-0.15, -0.1) is 0 Å². The number of nitrogens with one attached hydrogen (secondary N) is 1. The number of amides is 1. The van der Waals surface area contributed by atoms with E-state index in [1.807, 2.05) is 22.6 Å². The Morgan fingerprint density at radius 2 is 2.30 bits per heavy atom. The third kappa shape index (κ3) is 4.45. The van der Waals surface area contributed by atoms with Crippen LogP contribution in [0.1, 0.15) is 17.3 Å². The lowest BCUT2D eigenvalue weighted by molar-refractivity contribution is -0.394. The molecule has 11 heteroatoms. The zero-order chi connectivity index (χ0) is 17.0. The number of aromatic nitrogens is 3. The SMILES string of the molecule is C/C(Cn1cnc([N+](=O)[O-])n1)=N/NC(=O)c1cc(I)ccc1O. The predicted octanol–water partition coefficient (Wildman–Crippen LogP) is 1.30. The van der Waals surface area contributed by atoms with Gasteiger partial charge in [-0.05, 0) is 52.6 Å². The summed E-state index contributed by atoms with van der Waals surface area (Å²) in [5, 5.41) is 27.6. The fourth-order valence-corrected chi connectivity index (χ4v) is 2.10. The van der Waals surface area contributed by atoms with E-state index in [2.05, 4.69) is 20.6 Å². The molecule has 1 aromatic carbocycles. The maximum absolute atomic E-state index is 12.0. The minimum Gasteiger partial charge on any atom is -0.507 e. The molecule has 2 N–H and O–H groups in total. The molecule has 0 saturated heterocycles. The molecule has 23 heavy (non-hydrogen) atoms. The van der Waals surface area contributed by atoms with Gasteiger partial charge >= 0.3 is 5.95 Å². The lowest BCUT2D eigenvalue weighted by Crippen LogP contribution is -2.21. The summed E-state index contributed by atoms with van der Waals surface area (Å²) >= 11 is 2.02. The first kappa shape index (κ1) is 16.8. The Labute approximate surface area is 143 Å². The maximum atomic E-state index is 12.0. The van der Waals surface area contributed by atoms with E-state index in [9.17, 15) is 20.0 Å². The second kappa shape index (κ2) is 7.13. The Morgan fingerprint density at radius 1 is 1.57 bits per heavy atom. The number of carbonyl (C=O) groups is 1. The Balaban J connectivity index is 2.02. The number of halogens is 1. The lowest BCUT2D eigenvalue weighted by Gasteiger charge is -2.04. The summed E-state index contributed by atoms with van der Waals surface area (Å²) in [6.07, 6.45) is 1.20. The highest BCUT2D eigenvalue weighted by Gasteiger charge is 2.14. The van der Waals surface area contributed by atoms with E-state index in [4.69, 9.17) is 0 Å². The Kier molecular flexibility index (Phi) is 5.20. The van der Waals surface area contributed by atoms with E-state index >= 15 is 0 Å². The molecule has 1 aromatic heterocycles. The van der Waals surface area contributed by atoms with Crippen LogP contribution in [-0.4, -0.2) is 36.4 Å². The monoisotopic (exact) mass is 430 g/mol. The zero-order valence-electron chi connectivity index (χ0n) is 11.8. The molecule has 0 aliphatic heterocycles. The molecule has 0 aliphatic rings. The third-order valence-corrected chi connectivity index (χ3v) is 3.30. The molecule has 10 nitrogen and oxygen atoms in total. The minimum absolute atomic E-state index is 0.102. The molecule has 1 heterocycles. The number of carbonyl (C=O) groups excluding carboxylic acids is 1. The number of benzene rings is 1. The van der Waals surface area contributed by atoms with Crippen LogP contribution in [0.3, 0.4) is 0 Å². The minimum atomic E-state index is -0.704. The van der Waals surface area contributed by atoms with Crippen LogP contribution >= 0.6 is 22.6 Å². The molecule has 0 fully saturated rings. The summed E-state index contributed by atoms with van der Waals surface area (Å²) < 4.78 is 2.02. The van der Waals surface area contributed by atoms with Crippen LogP contribution < -0.4 is 5.43 Å². The highest BCUT2D eigenvalue weighted by Crippen LogP contribution is 2.19. The van der Waals surface area contributed by atoms with Gasteiger partial charge in [-0.25, -0.2) is 5.43 Å². The molecule has 0 atom stereocenters. The van der Waals surface area contributed by atoms with Crippen molar-refractivity contribution in [3.63, 3.8) is 0 Å². The fraction of sp³-hybridized carbons (Fsp3) is 0.167. The quantitative estimate of drug-likeness (QED) is 0.318. The maximum Gasteiger partial charge on any atom is 0.490 e. The average Bonchev–Trinajstić information content (AvgIpc) is 2.96. The first-order valence-electron chi connectivity index (χ1n) is 6.22. The van der Waals surface area contributed by atoms with Crippen LogP contribution in [0.15, 0.2) is 29.6 Å². The van der Waals surface area contributed by atoms with E-state index in [0.717, 1.165) is 3.57 Å². The Hall–Kier alpha value is -2.57. The molecule has 0 radical (unpaired) electrons. The second-order valence-corrected chi connectivity index (χ2v) is 5.69. The molecular weight excluding hydrogens is 419 g/mol. The van der Waals surface area contributed by atoms with Crippen molar-refractivity contribution in [1.82, 2.24) is 20.2 Å². The van der Waals surface area contributed by atoms with Gasteiger partial charge in [0.15, 0.2) is 0 Å². The summed E-state index contributed by atoms with van der Waals surface area (Å²) in [4.78, 5) is 25.3. The lowest BCUT2D eigenvalue weighted by atomic mass is 10.2. The highest BCUT2D eigenvalue weighted by molar-refractivity contribution is 14.1. The van der Waals surface area contributed by atoms with Gasteiger partial charge in [-0.1, -0.05) is 4.98 Å². The normalized spacial score (nSPS) is 11.3. The van der Waals surface area contributed by atoms with Crippen LogP contribution in [-0.2, 0) is 6.54 Å². The molecule has 1 amide bonds. The molecule has 0 spiro atoms. The molecule has 0 aliphatic carbocycles. The van der Waals surface area contributed by atoms with Gasteiger partial charge in [0, 0.05) is 8.67 Å². The number of rotatable bonds is 5. The van der Waals surface area contributed by atoms with Gasteiger partial charge in [-0.3, -0.25) is 4.79 Å². The van der Waals surface area contributed by atoms with Crippen molar-refractivity contribution in [3.05, 3.63) is 43.8 Å². The van der Waals surface area contributed by atoms with Gasteiger partial charge in [-0.2, -0.15) is 9.78 Å². The number of hydrazone groups is 1. The van der Waals surface area contributed by atoms with Gasteiger partial charge in [0.05, 0.1) is 17.8 Å². The van der Waals surface area contributed by atoms with Crippen molar-refractivity contribution in [1.29, 1.82) is 0 Å². The van der Waals surface area contributed by atoms with Crippen molar-refractivity contribution < 1.29 is 14.8 Å². The van der Waals surface area contributed by atoms with E-state index in [1.165, 1.54) is 23.1 Å². The predicted molar refractivity (Wildman–Crippen MR) is 88.1 cm³/mol. The molecule has 2 aromatic rings. The van der Waals surface area contributed by atoms with Crippen molar-refractivity contribution >= 4 is 40.2 Å². The van der Waals surface area contributed by atoms with Crippen molar-refractivity contribution in [2.24, 2.45) is 5.10 Å². The summed E-state index contributed by atoms with van der Waals surface area (Å²) in [5.74, 6) is -1.22. The number of hydrogen-bond acceptors (Lipinski definition) is 7. The first-order valence-corrected chi connectivity index (χ1v) is 7.30. The number of aromatic hydroxyl groups is 1. The summed E-state index contributed by atoms with van der Waals surface area (Å²) in [6.45, 7) is 1.74. The van der Waals surface area contributed by atoms with E-state index in [1.54, 1.807) is 13.0 Å². The first-order chi connectivity index (χ1) is 10.9. The van der Waals surface area contributed by atoms with E-state index in [0.29, 0.717) is 5.71 Å². The summed E-state index contributed by atoms with van der Waals surface area (Å²) in [7, 11) is 0. The number of nitro groups is 1. The molecule has 120 valence electrons. The zero-order valence-corrected chi connectivity index (χ0v) is 14.0. The average molecular weight is 430 g/mol. The molecule has 0 unspecified atom stereocenters. The fourth-order valence-electron chi connectivity index (χ4n) is 1.61. The van der Waals surface area contributed by atoms with Gasteiger partial charge < -0.3 is 15.2 Å². The number of phenolic OH excluding ortho intramolecular Hbond substituents is 1. The van der Waals surface area contributed by atoms with Crippen molar-refractivity contribution in [2.45, 2.75) is 13.5 Å². The number of phenols is 1. The van der Waals surface area contributed by atoms with Crippen LogP contribution in [0.4, 0.5) is 5.95 Å². The van der Waals surface area contributed by atoms with Crippen LogP contribution in [0, 0.1) is 13.7 Å². The number of hydrogen-bond donors (Lipinski definition) is 2. The number of nitrogens with zero attached hydrogens (tertiary/aromatic N) is 5. The van der Waals surface area contributed by atoms with Crippen LogP contribution in [0.5, 0.6) is 5.75 Å². The smallest absolute Gasteiger partial charge is 0.490 e. The summed E-state index contributed by atoms with van der Waals surface area (Å²) in [6, 6.07) is 4.61. The van der Waals surface area contributed by atoms with Gasteiger partial charge in [0.2, 0.25) is 6.33 Å². The highest BCUT2D eigenvalue weighted by atomic mass is 127. The molecular formula is C12H11IN6O4. The standard InChI is InChI=1S/C12H11IN6O4/c1-7(5-18-6-14-12(17-18)19(22)23)15-16-11(21)9-4-8(13)2-3-10(9)20/h2-4,6,20H,5H2,1H3,(H,16,21)/b15-7-. The van der Waals surface area contributed by atoms with Gasteiger partial charge in [0.25, 0.3) is 5.91 Å². The third-order valence-electron chi connectivity index (χ3n) is 2.63. The second-order valence-electron chi connectivity index (χ2n) is 4.45. The van der Waals surface area contributed by atoms with Gasteiger partial charge in [0.1, 0.15) is 5.75 Å². The van der Waals surface area contributed by atoms with E-state index < -0.39 is 16.8 Å². The molecule has 2 rings (SSSR count). The van der Waals surface area contributed by atoms with E-state index in [-0.39, 0.29) is 17.9 Å². The Bertz CT molecular complexity index is 788. The summed E-state index contributed by atoms with van der Waals surface area (Å²) in [5.41, 5.74) is 2.86. The topological polar surface area (TPSA) is 136 Å². The van der Waals surface area contributed by atoms with Crippen molar-refractivity contribution in [2.75, 3.05) is 0 Å².